The van der Waals surface area contributed by atoms with E-state index in [2.05, 4.69) is 20.6 Å². The summed E-state index contributed by atoms with van der Waals surface area (Å²) in [5, 5.41) is 5.93. The van der Waals surface area contributed by atoms with Gasteiger partial charge in [0.25, 0.3) is 0 Å². The van der Waals surface area contributed by atoms with E-state index < -0.39 is 0 Å². The lowest BCUT2D eigenvalue weighted by Crippen LogP contribution is -2.36. The smallest absolute Gasteiger partial charge is 0.243 e. The minimum absolute atomic E-state index is 0.146. The zero-order valence-electron chi connectivity index (χ0n) is 9.36. The molecular weight excluding hydrogens is 244 g/mol. The summed E-state index contributed by atoms with van der Waals surface area (Å²) in [4.78, 5) is 19.7. The number of aromatic nitrogens is 2. The summed E-state index contributed by atoms with van der Waals surface area (Å²) in [6, 6.07) is 1.30. The van der Waals surface area contributed by atoms with Crippen LogP contribution in [0.5, 0.6) is 5.88 Å². The molecule has 1 aromatic heterocycles. The Bertz CT molecular complexity index is 421. The van der Waals surface area contributed by atoms with Crippen LogP contribution >= 0.6 is 11.6 Å². The summed E-state index contributed by atoms with van der Waals surface area (Å²) in [6.07, 6.45) is 1.82. The van der Waals surface area contributed by atoms with E-state index in [1.807, 2.05) is 0 Å². The molecule has 0 aromatic carbocycles. The van der Waals surface area contributed by atoms with Gasteiger partial charge in [0.2, 0.25) is 17.7 Å². The third kappa shape index (κ3) is 3.04. The summed E-state index contributed by atoms with van der Waals surface area (Å²) >= 11 is 5.77. The van der Waals surface area contributed by atoms with Crippen LogP contribution < -0.4 is 15.4 Å². The largest absolute Gasteiger partial charge is 0.481 e. The third-order valence-corrected chi connectivity index (χ3v) is 2.69. The molecule has 2 N–H and O–H groups in total. The highest BCUT2D eigenvalue weighted by molar-refractivity contribution is 6.29. The molecule has 1 aliphatic rings. The zero-order chi connectivity index (χ0) is 12.3. The van der Waals surface area contributed by atoms with Crippen molar-refractivity contribution >= 4 is 23.5 Å². The van der Waals surface area contributed by atoms with Crippen LogP contribution in [0.1, 0.15) is 12.8 Å². The van der Waals surface area contributed by atoms with Gasteiger partial charge < -0.3 is 10.1 Å². The summed E-state index contributed by atoms with van der Waals surface area (Å²) in [6.45, 7) is 0.859. The molecule has 1 aromatic rings. The molecule has 0 radical (unpaired) electrons. The fourth-order valence-electron chi connectivity index (χ4n) is 1.66. The number of nitrogens with one attached hydrogen (secondary N) is 2. The van der Waals surface area contributed by atoms with Crippen molar-refractivity contribution in [2.45, 2.75) is 18.9 Å². The van der Waals surface area contributed by atoms with E-state index in [-0.39, 0.29) is 23.1 Å². The molecule has 17 heavy (non-hydrogen) atoms. The molecule has 1 fully saturated rings. The topological polar surface area (TPSA) is 76.1 Å². The fourth-order valence-corrected chi connectivity index (χ4v) is 1.84. The van der Waals surface area contributed by atoms with Crippen LogP contribution in [-0.4, -0.2) is 35.6 Å². The van der Waals surface area contributed by atoms with Crippen LogP contribution in [0, 0.1) is 0 Å². The fraction of sp³-hybridized carbons (Fsp3) is 0.500. The standard InChI is InChI=1S/C10H13ClN4O2/c1-17-8-5-7(11)13-10(14-8)15-9(16)6-3-2-4-12-6/h5-6,12H,2-4H2,1H3,(H,13,14,15,16). The molecule has 1 aliphatic heterocycles. The quantitative estimate of drug-likeness (QED) is 0.784. The molecular formula is C10H13ClN4O2. The molecule has 0 spiro atoms. The highest BCUT2D eigenvalue weighted by Crippen LogP contribution is 2.16. The van der Waals surface area contributed by atoms with Crippen LogP contribution in [-0.2, 0) is 4.79 Å². The summed E-state index contributed by atoms with van der Waals surface area (Å²) in [5.74, 6) is 0.333. The average molecular weight is 257 g/mol. The highest BCUT2D eigenvalue weighted by atomic mass is 35.5. The minimum atomic E-state index is -0.177. The first kappa shape index (κ1) is 12.1. The number of hydrogen-bond acceptors (Lipinski definition) is 5. The number of ether oxygens (including phenoxy) is 1. The second kappa shape index (κ2) is 5.29. The van der Waals surface area contributed by atoms with Crippen molar-refractivity contribution in [3.63, 3.8) is 0 Å². The van der Waals surface area contributed by atoms with Crippen LogP contribution in [0.4, 0.5) is 5.95 Å². The van der Waals surface area contributed by atoms with Crippen molar-refractivity contribution < 1.29 is 9.53 Å². The van der Waals surface area contributed by atoms with E-state index in [0.717, 1.165) is 19.4 Å². The first-order valence-electron chi connectivity index (χ1n) is 5.32. The predicted molar refractivity (Wildman–Crippen MR) is 63.2 cm³/mol. The number of hydrogen-bond donors (Lipinski definition) is 2. The van der Waals surface area contributed by atoms with Crippen LogP contribution in [0.25, 0.3) is 0 Å². The van der Waals surface area contributed by atoms with Crippen molar-refractivity contribution in [1.29, 1.82) is 0 Å². The van der Waals surface area contributed by atoms with Crippen molar-refractivity contribution in [3.8, 4) is 5.88 Å². The lowest BCUT2D eigenvalue weighted by atomic mass is 10.2. The van der Waals surface area contributed by atoms with Gasteiger partial charge in [-0.1, -0.05) is 11.6 Å². The summed E-state index contributed by atoms with van der Waals surface area (Å²) < 4.78 is 4.94. The van der Waals surface area contributed by atoms with Gasteiger partial charge in [-0.3, -0.25) is 10.1 Å². The maximum Gasteiger partial charge on any atom is 0.243 e. The van der Waals surface area contributed by atoms with E-state index in [9.17, 15) is 4.79 Å². The van der Waals surface area contributed by atoms with Gasteiger partial charge in [-0.2, -0.15) is 4.98 Å². The number of anilines is 1. The average Bonchev–Trinajstić information content (AvgIpc) is 2.81. The van der Waals surface area contributed by atoms with E-state index in [1.165, 1.54) is 13.2 Å². The van der Waals surface area contributed by atoms with Crippen molar-refractivity contribution in [1.82, 2.24) is 15.3 Å². The second-order valence-electron chi connectivity index (χ2n) is 3.69. The Labute approximate surface area is 104 Å². The first-order valence-corrected chi connectivity index (χ1v) is 5.69. The summed E-state index contributed by atoms with van der Waals surface area (Å²) in [5.41, 5.74) is 0. The molecule has 2 heterocycles. The van der Waals surface area contributed by atoms with E-state index in [1.54, 1.807) is 0 Å². The van der Waals surface area contributed by atoms with Crippen LogP contribution in [0.2, 0.25) is 5.15 Å². The monoisotopic (exact) mass is 256 g/mol. The number of carbonyl (C=O) groups is 1. The number of rotatable bonds is 3. The predicted octanol–water partition coefficient (Wildman–Crippen LogP) is 0.829. The summed E-state index contributed by atoms with van der Waals surface area (Å²) in [7, 11) is 1.47. The number of nitrogens with zero attached hydrogens (tertiary/aromatic N) is 2. The third-order valence-electron chi connectivity index (χ3n) is 2.49. The molecule has 92 valence electrons. The SMILES string of the molecule is COc1cc(Cl)nc(NC(=O)C2CCCN2)n1. The second-order valence-corrected chi connectivity index (χ2v) is 4.08. The number of methoxy groups -OCH3 is 1. The Balaban J connectivity index is 2.06. The van der Waals surface area contributed by atoms with Crippen molar-refractivity contribution in [2.75, 3.05) is 19.0 Å². The Morgan fingerprint density at radius 1 is 1.65 bits per heavy atom. The van der Waals surface area contributed by atoms with Crippen LogP contribution in [0.3, 0.4) is 0 Å². The van der Waals surface area contributed by atoms with Gasteiger partial charge in [-0.15, -0.1) is 0 Å². The van der Waals surface area contributed by atoms with Gasteiger partial charge in [0.15, 0.2) is 0 Å². The molecule has 1 saturated heterocycles. The maximum absolute atomic E-state index is 11.8. The molecule has 1 atom stereocenters. The van der Waals surface area contributed by atoms with Crippen LogP contribution in [0.15, 0.2) is 6.07 Å². The Hall–Kier alpha value is -1.40. The molecule has 0 aliphatic carbocycles. The van der Waals surface area contributed by atoms with Gasteiger partial charge in [-0.25, -0.2) is 4.98 Å². The van der Waals surface area contributed by atoms with E-state index in [0.29, 0.717) is 5.88 Å². The number of amides is 1. The number of halogens is 1. The van der Waals surface area contributed by atoms with Gasteiger partial charge in [-0.05, 0) is 19.4 Å². The van der Waals surface area contributed by atoms with Crippen molar-refractivity contribution in [3.05, 3.63) is 11.2 Å². The van der Waals surface area contributed by atoms with Gasteiger partial charge in [0.1, 0.15) is 5.15 Å². The molecule has 1 amide bonds. The lowest BCUT2D eigenvalue weighted by molar-refractivity contribution is -0.117. The maximum atomic E-state index is 11.8. The minimum Gasteiger partial charge on any atom is -0.481 e. The lowest BCUT2D eigenvalue weighted by Gasteiger charge is -2.10. The van der Waals surface area contributed by atoms with Gasteiger partial charge in [0.05, 0.1) is 13.2 Å². The first-order chi connectivity index (χ1) is 8.19. The number of carbonyl (C=O) groups excluding carboxylic acids is 1. The molecule has 6 nitrogen and oxygen atoms in total. The highest BCUT2D eigenvalue weighted by Gasteiger charge is 2.22. The zero-order valence-corrected chi connectivity index (χ0v) is 10.1. The molecule has 0 saturated carbocycles. The Kier molecular flexibility index (Phi) is 3.75. The molecule has 0 bridgehead atoms. The normalized spacial score (nSPS) is 19.1. The van der Waals surface area contributed by atoms with E-state index in [4.69, 9.17) is 16.3 Å². The Morgan fingerprint density at radius 2 is 2.47 bits per heavy atom. The van der Waals surface area contributed by atoms with Gasteiger partial charge >= 0.3 is 0 Å². The van der Waals surface area contributed by atoms with E-state index >= 15 is 0 Å². The molecule has 7 heteroatoms. The van der Waals surface area contributed by atoms with Gasteiger partial charge in [0, 0.05) is 6.07 Å². The molecule has 1 unspecified atom stereocenters. The molecule has 2 rings (SSSR count). The Morgan fingerprint density at radius 3 is 3.12 bits per heavy atom. The van der Waals surface area contributed by atoms with Crippen molar-refractivity contribution in [2.24, 2.45) is 0 Å².